The summed E-state index contributed by atoms with van der Waals surface area (Å²) in [6, 6.07) is 5.65. The number of nitrogens with one attached hydrogen (secondary N) is 2. The molecule has 3 N–H and O–H groups in total. The Balaban J connectivity index is 1.77. The first-order valence-electron chi connectivity index (χ1n) is 6.34. The minimum atomic E-state index is -0.996. The van der Waals surface area contributed by atoms with Gasteiger partial charge in [-0.1, -0.05) is 0 Å². The zero-order valence-electron chi connectivity index (χ0n) is 11.4. The van der Waals surface area contributed by atoms with Gasteiger partial charge in [-0.05, 0) is 31.2 Å². The lowest BCUT2D eigenvalue weighted by Crippen LogP contribution is -2.30. The Hall–Kier alpha value is -2.41. The van der Waals surface area contributed by atoms with Crippen molar-refractivity contribution < 1.29 is 14.7 Å². The Morgan fingerprint density at radius 1 is 1.29 bits per heavy atom. The number of hydrogen-bond acceptors (Lipinski definition) is 4. The van der Waals surface area contributed by atoms with Gasteiger partial charge >= 0.3 is 12.0 Å². The molecular weight excluding hydrogens is 290 g/mol. The van der Waals surface area contributed by atoms with Crippen LogP contribution in [-0.2, 0) is 6.42 Å². The quantitative estimate of drug-likeness (QED) is 0.791. The fourth-order valence-electron chi connectivity index (χ4n) is 1.70. The predicted molar refractivity (Wildman–Crippen MR) is 81.0 cm³/mol. The molecule has 6 nitrogen and oxygen atoms in total. The third-order valence-corrected chi connectivity index (χ3v) is 3.55. The van der Waals surface area contributed by atoms with Crippen molar-refractivity contribution in [1.29, 1.82) is 0 Å². The minimum Gasteiger partial charge on any atom is -0.478 e. The molecule has 1 aromatic heterocycles. The molecular formula is C14H15N3O3S. The van der Waals surface area contributed by atoms with Crippen molar-refractivity contribution in [1.82, 2.24) is 10.3 Å². The molecule has 0 saturated heterocycles. The second-order valence-electron chi connectivity index (χ2n) is 4.37. The van der Waals surface area contributed by atoms with Crippen LogP contribution in [0.15, 0.2) is 29.6 Å². The molecule has 2 amide bonds. The number of anilines is 1. The van der Waals surface area contributed by atoms with E-state index in [9.17, 15) is 9.59 Å². The van der Waals surface area contributed by atoms with Crippen molar-refractivity contribution in [3.8, 4) is 0 Å². The van der Waals surface area contributed by atoms with E-state index in [2.05, 4.69) is 15.6 Å². The highest BCUT2D eigenvalue weighted by Crippen LogP contribution is 2.10. The van der Waals surface area contributed by atoms with Crippen LogP contribution in [-0.4, -0.2) is 28.6 Å². The number of carboxylic acids is 1. The molecule has 0 aliphatic carbocycles. The van der Waals surface area contributed by atoms with E-state index in [4.69, 9.17) is 5.11 Å². The second kappa shape index (κ2) is 6.85. The second-order valence-corrected chi connectivity index (χ2v) is 5.43. The molecule has 0 saturated carbocycles. The smallest absolute Gasteiger partial charge is 0.335 e. The normalized spacial score (nSPS) is 10.1. The number of aromatic carboxylic acids is 1. The highest BCUT2D eigenvalue weighted by atomic mass is 32.1. The molecule has 0 fully saturated rings. The van der Waals surface area contributed by atoms with Crippen molar-refractivity contribution in [3.63, 3.8) is 0 Å². The van der Waals surface area contributed by atoms with Gasteiger partial charge in [0.15, 0.2) is 0 Å². The van der Waals surface area contributed by atoms with Gasteiger partial charge in [0.1, 0.15) is 0 Å². The molecule has 0 aliphatic heterocycles. The number of benzene rings is 1. The SMILES string of the molecule is Cc1nc(CCNC(=O)Nc2ccc(C(=O)O)cc2)cs1. The summed E-state index contributed by atoms with van der Waals surface area (Å²) in [6.07, 6.45) is 0.676. The number of aromatic nitrogens is 1. The highest BCUT2D eigenvalue weighted by molar-refractivity contribution is 7.09. The number of carbonyl (C=O) groups excluding carboxylic acids is 1. The number of nitrogens with zero attached hydrogens (tertiary/aromatic N) is 1. The number of thiazole rings is 1. The monoisotopic (exact) mass is 305 g/mol. The van der Waals surface area contributed by atoms with Crippen LogP contribution in [0.1, 0.15) is 21.1 Å². The number of amides is 2. The maximum Gasteiger partial charge on any atom is 0.335 e. The van der Waals surface area contributed by atoms with Gasteiger partial charge in [-0.15, -0.1) is 11.3 Å². The molecule has 21 heavy (non-hydrogen) atoms. The molecule has 2 rings (SSSR count). The molecule has 2 aromatic rings. The predicted octanol–water partition coefficient (Wildman–Crippen LogP) is 2.51. The highest BCUT2D eigenvalue weighted by Gasteiger charge is 2.05. The number of carbonyl (C=O) groups is 2. The van der Waals surface area contributed by atoms with Crippen molar-refractivity contribution in [2.75, 3.05) is 11.9 Å². The Kier molecular flexibility index (Phi) is 4.89. The van der Waals surface area contributed by atoms with Crippen LogP contribution in [0, 0.1) is 6.92 Å². The van der Waals surface area contributed by atoms with Gasteiger partial charge in [0, 0.05) is 24.0 Å². The van der Waals surface area contributed by atoms with Crippen LogP contribution < -0.4 is 10.6 Å². The average Bonchev–Trinajstić information content (AvgIpc) is 2.85. The maximum absolute atomic E-state index is 11.7. The van der Waals surface area contributed by atoms with Gasteiger partial charge in [-0.3, -0.25) is 0 Å². The Morgan fingerprint density at radius 3 is 2.57 bits per heavy atom. The van der Waals surface area contributed by atoms with Gasteiger partial charge in [0.05, 0.1) is 16.3 Å². The number of carboxylic acid groups (broad SMARTS) is 1. The van der Waals surface area contributed by atoms with Crippen molar-refractivity contribution in [2.24, 2.45) is 0 Å². The van der Waals surface area contributed by atoms with Crippen LogP contribution in [0.2, 0.25) is 0 Å². The summed E-state index contributed by atoms with van der Waals surface area (Å²) in [6.45, 7) is 2.43. The molecule has 0 unspecified atom stereocenters. The van der Waals surface area contributed by atoms with Crippen LogP contribution in [0.3, 0.4) is 0 Å². The fraction of sp³-hybridized carbons (Fsp3) is 0.214. The maximum atomic E-state index is 11.7. The van der Waals surface area contributed by atoms with Gasteiger partial charge in [0.25, 0.3) is 0 Å². The summed E-state index contributed by atoms with van der Waals surface area (Å²) in [5, 5.41) is 17.1. The van der Waals surface area contributed by atoms with E-state index >= 15 is 0 Å². The Bertz CT molecular complexity index is 637. The molecule has 0 bridgehead atoms. The van der Waals surface area contributed by atoms with Crippen LogP contribution in [0.25, 0.3) is 0 Å². The van der Waals surface area contributed by atoms with Crippen LogP contribution in [0.5, 0.6) is 0 Å². The summed E-state index contributed by atoms with van der Waals surface area (Å²) in [7, 11) is 0. The average molecular weight is 305 g/mol. The molecule has 0 radical (unpaired) electrons. The van der Waals surface area contributed by atoms with Crippen LogP contribution in [0.4, 0.5) is 10.5 Å². The summed E-state index contributed by atoms with van der Waals surface area (Å²) in [5.41, 5.74) is 1.69. The summed E-state index contributed by atoms with van der Waals surface area (Å²) < 4.78 is 0. The van der Waals surface area contributed by atoms with E-state index in [0.717, 1.165) is 10.7 Å². The number of aryl methyl sites for hydroxylation is 1. The number of rotatable bonds is 5. The number of urea groups is 1. The van der Waals surface area contributed by atoms with E-state index in [-0.39, 0.29) is 11.6 Å². The topological polar surface area (TPSA) is 91.3 Å². The zero-order valence-corrected chi connectivity index (χ0v) is 12.2. The molecule has 1 heterocycles. The molecule has 7 heteroatoms. The van der Waals surface area contributed by atoms with E-state index in [0.29, 0.717) is 18.7 Å². The largest absolute Gasteiger partial charge is 0.478 e. The first kappa shape index (κ1) is 15.0. The summed E-state index contributed by atoms with van der Waals surface area (Å²) in [4.78, 5) is 26.7. The summed E-state index contributed by atoms with van der Waals surface area (Å²) >= 11 is 1.58. The molecule has 0 spiro atoms. The summed E-state index contributed by atoms with van der Waals surface area (Å²) in [5.74, 6) is -0.996. The molecule has 0 aliphatic rings. The number of hydrogen-bond donors (Lipinski definition) is 3. The Labute approximate surface area is 125 Å². The minimum absolute atomic E-state index is 0.180. The van der Waals surface area contributed by atoms with E-state index in [1.54, 1.807) is 23.5 Å². The Morgan fingerprint density at radius 2 is 2.00 bits per heavy atom. The first-order valence-corrected chi connectivity index (χ1v) is 7.22. The van der Waals surface area contributed by atoms with Crippen molar-refractivity contribution in [2.45, 2.75) is 13.3 Å². The lowest BCUT2D eigenvalue weighted by molar-refractivity contribution is 0.0697. The van der Waals surface area contributed by atoms with Gasteiger partial charge < -0.3 is 15.7 Å². The third kappa shape index (κ3) is 4.57. The van der Waals surface area contributed by atoms with E-state index in [1.807, 2.05) is 12.3 Å². The molecule has 0 atom stereocenters. The van der Waals surface area contributed by atoms with Crippen molar-refractivity contribution >= 4 is 29.0 Å². The fourth-order valence-corrected chi connectivity index (χ4v) is 2.35. The lowest BCUT2D eigenvalue weighted by Gasteiger charge is -2.07. The standard InChI is InChI=1S/C14H15N3O3S/c1-9-16-12(8-21-9)6-7-15-14(20)17-11-4-2-10(3-5-11)13(18)19/h2-5,8H,6-7H2,1H3,(H,18,19)(H2,15,17,20). The third-order valence-electron chi connectivity index (χ3n) is 2.72. The first-order chi connectivity index (χ1) is 10.0. The lowest BCUT2D eigenvalue weighted by atomic mass is 10.2. The van der Waals surface area contributed by atoms with Gasteiger partial charge in [-0.2, -0.15) is 0 Å². The van der Waals surface area contributed by atoms with Crippen molar-refractivity contribution in [3.05, 3.63) is 45.9 Å². The molecule has 1 aromatic carbocycles. The zero-order chi connectivity index (χ0) is 15.2. The van der Waals surface area contributed by atoms with E-state index in [1.165, 1.54) is 12.1 Å². The van der Waals surface area contributed by atoms with E-state index < -0.39 is 5.97 Å². The van der Waals surface area contributed by atoms with Gasteiger partial charge in [-0.25, -0.2) is 14.6 Å². The molecule has 110 valence electrons. The van der Waals surface area contributed by atoms with Gasteiger partial charge in [0.2, 0.25) is 0 Å². The van der Waals surface area contributed by atoms with Crippen LogP contribution >= 0.6 is 11.3 Å².